The van der Waals surface area contributed by atoms with E-state index >= 15 is 0 Å². The number of carboxylic acid groups (broad SMARTS) is 1. The highest BCUT2D eigenvalue weighted by molar-refractivity contribution is 6.43. The second-order valence-electron chi connectivity index (χ2n) is 3.36. The second-order valence-corrected chi connectivity index (χ2v) is 3.36. The van der Waals surface area contributed by atoms with Gasteiger partial charge in [0, 0.05) is 6.92 Å². The van der Waals surface area contributed by atoms with E-state index in [0.717, 1.165) is 6.92 Å². The fourth-order valence-electron chi connectivity index (χ4n) is 1.35. The number of aliphatic carboxylic acids is 1. The Bertz CT molecular complexity index is 644. The maximum Gasteiger partial charge on any atom is 0.360 e. The van der Waals surface area contributed by atoms with Gasteiger partial charge in [-0.15, -0.1) is 0 Å². The summed E-state index contributed by atoms with van der Waals surface area (Å²) in [4.78, 5) is 26.0. The maximum atomic E-state index is 11.1. The molecule has 1 aromatic heterocycles. The molecule has 0 fully saturated rings. The number of nitrogens with zero attached hydrogens (tertiary/aromatic N) is 2. The molecule has 0 radical (unpaired) electrons. The summed E-state index contributed by atoms with van der Waals surface area (Å²) in [5.41, 5.74) is -0.0567. The highest BCUT2D eigenvalue weighted by Crippen LogP contribution is 2.18. The zero-order chi connectivity index (χ0) is 13.1. The van der Waals surface area contributed by atoms with Gasteiger partial charge in [-0.1, -0.05) is 22.4 Å². The quantitative estimate of drug-likeness (QED) is 0.497. The van der Waals surface area contributed by atoms with Crippen LogP contribution in [0.1, 0.15) is 12.6 Å². The van der Waals surface area contributed by atoms with Crippen molar-refractivity contribution < 1.29 is 24.1 Å². The Kier molecular flexibility index (Phi) is 3.05. The molecule has 2 aromatic rings. The molecule has 1 aromatic carbocycles. The maximum absolute atomic E-state index is 11.1. The predicted octanol–water partition coefficient (Wildman–Crippen LogP) is 1.18. The SMILES string of the molecule is CC(=O)O/N=C(/C(=O)O)c1noc2ccccc12. The molecule has 2 rings (SSSR count). The molecule has 0 saturated heterocycles. The van der Waals surface area contributed by atoms with Crippen molar-refractivity contribution in [2.24, 2.45) is 5.16 Å². The highest BCUT2D eigenvalue weighted by atomic mass is 16.7. The van der Waals surface area contributed by atoms with Crippen molar-refractivity contribution in [1.29, 1.82) is 0 Å². The summed E-state index contributed by atoms with van der Waals surface area (Å²) in [5.74, 6) is -2.09. The molecular weight excluding hydrogens is 240 g/mol. The van der Waals surface area contributed by atoms with Crippen LogP contribution in [0.5, 0.6) is 0 Å². The zero-order valence-corrected chi connectivity index (χ0v) is 9.28. The number of rotatable bonds is 3. The molecule has 0 aliphatic heterocycles. The normalized spacial score (nSPS) is 11.5. The first-order valence-corrected chi connectivity index (χ1v) is 4.93. The van der Waals surface area contributed by atoms with Gasteiger partial charge in [0.25, 0.3) is 0 Å². The third-order valence-corrected chi connectivity index (χ3v) is 2.07. The van der Waals surface area contributed by atoms with E-state index < -0.39 is 17.7 Å². The summed E-state index contributed by atoms with van der Waals surface area (Å²) >= 11 is 0. The summed E-state index contributed by atoms with van der Waals surface area (Å²) in [6.45, 7) is 1.11. The van der Waals surface area contributed by atoms with Gasteiger partial charge in [-0.05, 0) is 12.1 Å². The fraction of sp³-hybridized carbons (Fsp3) is 0.0909. The summed E-state index contributed by atoms with van der Waals surface area (Å²) in [5, 5.41) is 16.4. The van der Waals surface area contributed by atoms with Gasteiger partial charge in [-0.25, -0.2) is 9.59 Å². The van der Waals surface area contributed by atoms with E-state index in [1.807, 2.05) is 0 Å². The van der Waals surface area contributed by atoms with E-state index in [2.05, 4.69) is 15.1 Å². The van der Waals surface area contributed by atoms with E-state index in [4.69, 9.17) is 9.63 Å². The van der Waals surface area contributed by atoms with Crippen LogP contribution in [0.4, 0.5) is 0 Å². The molecule has 0 saturated carbocycles. The smallest absolute Gasteiger partial charge is 0.360 e. The number of para-hydroxylation sites is 1. The van der Waals surface area contributed by atoms with Crippen LogP contribution in [-0.2, 0) is 14.4 Å². The number of benzene rings is 1. The predicted molar refractivity (Wildman–Crippen MR) is 59.9 cm³/mol. The van der Waals surface area contributed by atoms with Gasteiger partial charge >= 0.3 is 11.9 Å². The highest BCUT2D eigenvalue weighted by Gasteiger charge is 2.21. The molecule has 0 unspecified atom stereocenters. The van der Waals surface area contributed by atoms with Gasteiger partial charge in [0.1, 0.15) is 0 Å². The topological polar surface area (TPSA) is 102 Å². The number of hydrogen-bond acceptors (Lipinski definition) is 6. The minimum Gasteiger partial charge on any atom is -0.476 e. The van der Waals surface area contributed by atoms with E-state index in [9.17, 15) is 9.59 Å². The molecule has 0 aliphatic rings. The average Bonchev–Trinajstić information content (AvgIpc) is 2.73. The number of carboxylic acids is 1. The molecule has 0 aliphatic carbocycles. The third kappa shape index (κ3) is 2.19. The van der Waals surface area contributed by atoms with Crippen LogP contribution in [0.2, 0.25) is 0 Å². The van der Waals surface area contributed by atoms with E-state index in [-0.39, 0.29) is 5.69 Å². The van der Waals surface area contributed by atoms with Gasteiger partial charge in [0.15, 0.2) is 11.3 Å². The fourth-order valence-corrected chi connectivity index (χ4v) is 1.35. The van der Waals surface area contributed by atoms with Crippen LogP contribution in [0.15, 0.2) is 33.9 Å². The Morgan fingerprint density at radius 2 is 2.11 bits per heavy atom. The van der Waals surface area contributed by atoms with Crippen LogP contribution >= 0.6 is 0 Å². The first-order chi connectivity index (χ1) is 8.59. The Morgan fingerprint density at radius 3 is 2.78 bits per heavy atom. The lowest BCUT2D eigenvalue weighted by atomic mass is 10.1. The lowest BCUT2D eigenvalue weighted by Gasteiger charge is -1.96. The van der Waals surface area contributed by atoms with E-state index in [1.165, 1.54) is 0 Å². The van der Waals surface area contributed by atoms with Gasteiger partial charge in [0.05, 0.1) is 5.39 Å². The number of aromatic nitrogens is 1. The third-order valence-electron chi connectivity index (χ3n) is 2.07. The molecular formula is C11H8N2O5. The minimum absolute atomic E-state index is 0.0133. The number of carbonyl (C=O) groups is 2. The number of hydrogen-bond donors (Lipinski definition) is 1. The van der Waals surface area contributed by atoms with Crippen LogP contribution in [0, 0.1) is 0 Å². The number of fused-ring (bicyclic) bond motifs is 1. The molecule has 92 valence electrons. The van der Waals surface area contributed by atoms with Crippen molar-refractivity contribution in [3.05, 3.63) is 30.0 Å². The second kappa shape index (κ2) is 4.66. The molecule has 0 spiro atoms. The molecule has 0 bridgehead atoms. The first kappa shape index (κ1) is 11.8. The number of oxime groups is 1. The molecule has 0 amide bonds. The van der Waals surface area contributed by atoms with Gasteiger partial charge < -0.3 is 14.5 Å². The lowest BCUT2D eigenvalue weighted by molar-refractivity contribution is -0.141. The largest absolute Gasteiger partial charge is 0.476 e. The standard InChI is InChI=1S/C11H8N2O5/c1-6(14)17-13-10(11(15)16)9-7-4-2-3-5-8(7)18-12-9/h2-5H,1H3,(H,15,16)/b13-10+. The van der Waals surface area contributed by atoms with Crippen molar-refractivity contribution in [1.82, 2.24) is 5.16 Å². The van der Waals surface area contributed by atoms with Crippen molar-refractivity contribution in [3.63, 3.8) is 0 Å². The summed E-state index contributed by atoms with van der Waals surface area (Å²) in [6.07, 6.45) is 0. The van der Waals surface area contributed by atoms with E-state index in [1.54, 1.807) is 24.3 Å². The monoisotopic (exact) mass is 248 g/mol. The lowest BCUT2D eigenvalue weighted by Crippen LogP contribution is -2.16. The Labute approximate surface area is 101 Å². The summed E-state index contributed by atoms with van der Waals surface area (Å²) in [7, 11) is 0. The minimum atomic E-state index is -1.37. The molecule has 1 N–H and O–H groups in total. The van der Waals surface area contributed by atoms with E-state index in [0.29, 0.717) is 11.0 Å². The van der Waals surface area contributed by atoms with Crippen LogP contribution in [0.25, 0.3) is 11.0 Å². The van der Waals surface area contributed by atoms with Crippen LogP contribution in [0.3, 0.4) is 0 Å². The van der Waals surface area contributed by atoms with Crippen molar-refractivity contribution in [2.75, 3.05) is 0 Å². The first-order valence-electron chi connectivity index (χ1n) is 4.93. The van der Waals surface area contributed by atoms with Crippen molar-refractivity contribution in [3.8, 4) is 0 Å². The molecule has 7 nitrogen and oxygen atoms in total. The Balaban J connectivity index is 2.52. The Morgan fingerprint density at radius 1 is 1.39 bits per heavy atom. The van der Waals surface area contributed by atoms with Gasteiger partial charge in [0.2, 0.25) is 5.71 Å². The molecule has 1 heterocycles. The molecule has 18 heavy (non-hydrogen) atoms. The van der Waals surface area contributed by atoms with Crippen LogP contribution in [-0.4, -0.2) is 27.9 Å². The van der Waals surface area contributed by atoms with Crippen LogP contribution < -0.4 is 0 Å². The number of carbonyl (C=O) groups excluding carboxylic acids is 1. The van der Waals surface area contributed by atoms with Crippen molar-refractivity contribution >= 4 is 28.6 Å². The Hall–Kier alpha value is -2.70. The molecule has 0 atom stereocenters. The molecule has 7 heteroatoms. The van der Waals surface area contributed by atoms with Gasteiger partial charge in [-0.3, -0.25) is 0 Å². The van der Waals surface area contributed by atoms with Crippen molar-refractivity contribution in [2.45, 2.75) is 6.92 Å². The summed E-state index contributed by atoms with van der Waals surface area (Å²) in [6, 6.07) is 6.69. The average molecular weight is 248 g/mol. The zero-order valence-electron chi connectivity index (χ0n) is 9.28. The summed E-state index contributed by atoms with van der Waals surface area (Å²) < 4.78 is 4.95. The van der Waals surface area contributed by atoms with Gasteiger partial charge in [-0.2, -0.15) is 0 Å².